The molecule has 34 heavy (non-hydrogen) atoms. The van der Waals surface area contributed by atoms with Gasteiger partial charge in [-0.3, -0.25) is 4.99 Å². The van der Waals surface area contributed by atoms with E-state index < -0.39 is 0 Å². The normalized spacial score (nSPS) is 16.7. The average molecular weight is 480 g/mol. The molecule has 2 aliphatic rings. The Labute approximate surface area is 203 Å². The van der Waals surface area contributed by atoms with Crippen molar-refractivity contribution in [2.75, 3.05) is 67.7 Å². The average Bonchev–Trinajstić information content (AvgIpc) is 2.90. The van der Waals surface area contributed by atoms with Gasteiger partial charge in [0.25, 0.3) is 0 Å². The number of rotatable bonds is 6. The second-order valence-corrected chi connectivity index (χ2v) is 8.38. The third kappa shape index (κ3) is 5.80. The van der Waals surface area contributed by atoms with E-state index in [9.17, 15) is 0 Å². The van der Waals surface area contributed by atoms with E-state index in [0.29, 0.717) is 49.3 Å². The third-order valence-corrected chi connectivity index (χ3v) is 5.81. The molecule has 0 radical (unpaired) electrons. The molecule has 5 rings (SSSR count). The van der Waals surface area contributed by atoms with Crippen molar-refractivity contribution in [3.05, 3.63) is 59.1 Å². The molecule has 2 aliphatic heterocycles. The highest BCUT2D eigenvalue weighted by atomic mass is 35.5. The number of aliphatic imine (C=N–C) groups is 1. The first-order chi connectivity index (χ1) is 16.7. The van der Waals surface area contributed by atoms with E-state index in [0.717, 1.165) is 43.1 Å². The molecule has 1 aromatic heterocycles. The van der Waals surface area contributed by atoms with E-state index in [2.05, 4.69) is 20.1 Å². The Bertz CT molecular complexity index is 1080. The van der Waals surface area contributed by atoms with Crippen LogP contribution in [-0.4, -0.2) is 73.8 Å². The molecule has 0 saturated carbocycles. The van der Waals surface area contributed by atoms with E-state index >= 15 is 0 Å². The van der Waals surface area contributed by atoms with Gasteiger partial charge in [-0.15, -0.1) is 0 Å². The van der Waals surface area contributed by atoms with Crippen LogP contribution in [0.25, 0.3) is 0 Å². The lowest BCUT2D eigenvalue weighted by Gasteiger charge is -2.30. The summed E-state index contributed by atoms with van der Waals surface area (Å²) < 4.78 is 11.0. The minimum absolute atomic E-state index is 0.510. The molecule has 3 heterocycles. The van der Waals surface area contributed by atoms with Crippen LogP contribution in [0.15, 0.2) is 53.5 Å². The van der Waals surface area contributed by atoms with Crippen LogP contribution in [0, 0.1) is 0 Å². The Kier molecular flexibility index (Phi) is 7.13. The third-order valence-electron chi connectivity index (χ3n) is 5.56. The van der Waals surface area contributed by atoms with Crippen molar-refractivity contribution in [1.29, 1.82) is 0 Å². The molecular weight excluding hydrogens is 454 g/mol. The number of aromatic nitrogens is 3. The van der Waals surface area contributed by atoms with Crippen LogP contribution in [0.3, 0.4) is 0 Å². The molecule has 0 atom stereocenters. The van der Waals surface area contributed by atoms with Crippen LogP contribution in [-0.2, 0) is 9.47 Å². The van der Waals surface area contributed by atoms with E-state index in [-0.39, 0.29) is 0 Å². The van der Waals surface area contributed by atoms with Crippen molar-refractivity contribution in [3.8, 4) is 0 Å². The number of nitrogens with one attached hydrogen (secondary N) is 1. The van der Waals surface area contributed by atoms with Crippen LogP contribution in [0.4, 0.5) is 29.2 Å². The smallest absolute Gasteiger partial charge is 0.233 e. The van der Waals surface area contributed by atoms with Gasteiger partial charge in [0, 0.05) is 43.1 Å². The van der Waals surface area contributed by atoms with Crippen LogP contribution in [0.5, 0.6) is 0 Å². The van der Waals surface area contributed by atoms with Gasteiger partial charge >= 0.3 is 0 Å². The van der Waals surface area contributed by atoms with Crippen LogP contribution < -0.4 is 15.1 Å². The zero-order valence-electron chi connectivity index (χ0n) is 18.7. The number of nitrogens with zero attached hydrogens (tertiary/aromatic N) is 6. The summed E-state index contributed by atoms with van der Waals surface area (Å²) in [6.07, 6.45) is 1.81. The first-order valence-electron chi connectivity index (χ1n) is 11.3. The van der Waals surface area contributed by atoms with Gasteiger partial charge in [0.05, 0.1) is 32.1 Å². The number of halogens is 1. The summed E-state index contributed by atoms with van der Waals surface area (Å²) in [5.41, 5.74) is 2.71. The van der Waals surface area contributed by atoms with Crippen molar-refractivity contribution < 1.29 is 9.47 Å². The van der Waals surface area contributed by atoms with Gasteiger partial charge in [0.2, 0.25) is 17.8 Å². The van der Waals surface area contributed by atoms with Crippen molar-refractivity contribution in [1.82, 2.24) is 15.0 Å². The Morgan fingerprint density at radius 2 is 1.32 bits per heavy atom. The van der Waals surface area contributed by atoms with Gasteiger partial charge in [0.1, 0.15) is 0 Å². The van der Waals surface area contributed by atoms with Crippen molar-refractivity contribution in [2.24, 2.45) is 4.99 Å². The van der Waals surface area contributed by atoms with Crippen molar-refractivity contribution in [3.63, 3.8) is 0 Å². The molecule has 0 aliphatic carbocycles. The van der Waals surface area contributed by atoms with Crippen LogP contribution in [0.2, 0.25) is 5.02 Å². The lowest BCUT2D eigenvalue weighted by molar-refractivity contribution is 0.121. The minimum atomic E-state index is 0.510. The summed E-state index contributed by atoms with van der Waals surface area (Å²) >= 11 is 5.94. The predicted octanol–water partition coefficient (Wildman–Crippen LogP) is 3.69. The summed E-state index contributed by atoms with van der Waals surface area (Å²) in [5, 5.41) is 4.03. The van der Waals surface area contributed by atoms with Crippen LogP contribution in [0.1, 0.15) is 5.56 Å². The largest absolute Gasteiger partial charge is 0.378 e. The maximum Gasteiger partial charge on any atom is 0.233 e. The number of ether oxygens (including phenoxy) is 2. The fraction of sp³-hybridized carbons (Fsp3) is 0.333. The van der Waals surface area contributed by atoms with Gasteiger partial charge in [-0.05, 0) is 42.0 Å². The molecule has 0 bridgehead atoms. The molecular formula is C24H26ClN7O2. The molecule has 2 saturated heterocycles. The molecule has 0 spiro atoms. The highest BCUT2D eigenvalue weighted by Crippen LogP contribution is 2.23. The molecule has 0 amide bonds. The molecule has 1 N–H and O–H groups in total. The van der Waals surface area contributed by atoms with Gasteiger partial charge < -0.3 is 24.6 Å². The molecule has 2 fully saturated rings. The minimum Gasteiger partial charge on any atom is -0.378 e. The zero-order valence-corrected chi connectivity index (χ0v) is 19.5. The Balaban J connectivity index is 1.33. The predicted molar refractivity (Wildman–Crippen MR) is 134 cm³/mol. The van der Waals surface area contributed by atoms with E-state index in [1.54, 1.807) is 0 Å². The van der Waals surface area contributed by atoms with Gasteiger partial charge in [-0.25, -0.2) is 0 Å². The van der Waals surface area contributed by atoms with Gasteiger partial charge in [0.15, 0.2) is 0 Å². The highest BCUT2D eigenvalue weighted by Gasteiger charge is 2.20. The number of anilines is 4. The van der Waals surface area contributed by atoms with Gasteiger partial charge in [-0.1, -0.05) is 23.7 Å². The fourth-order valence-electron chi connectivity index (χ4n) is 3.68. The standard InChI is InChI=1S/C24H26ClN7O2/c25-19-3-1-18(2-4-19)17-26-20-5-7-21(8-6-20)27-22-28-23(31-9-13-33-14-10-31)30-24(29-22)32-11-15-34-16-12-32/h1-8,17H,9-16H2,(H,27,28,29,30). The monoisotopic (exact) mass is 479 g/mol. The number of benzene rings is 2. The molecule has 176 valence electrons. The Hall–Kier alpha value is -3.27. The second kappa shape index (κ2) is 10.8. The van der Waals surface area contributed by atoms with E-state index in [1.807, 2.05) is 54.7 Å². The summed E-state index contributed by atoms with van der Waals surface area (Å²) in [5.74, 6) is 1.83. The number of morpholine rings is 2. The first kappa shape index (κ1) is 22.5. The second-order valence-electron chi connectivity index (χ2n) is 7.94. The number of hydrogen-bond donors (Lipinski definition) is 1. The van der Waals surface area contributed by atoms with Gasteiger partial charge in [-0.2, -0.15) is 15.0 Å². The van der Waals surface area contributed by atoms with Crippen molar-refractivity contribution in [2.45, 2.75) is 0 Å². The maximum absolute atomic E-state index is 5.94. The topological polar surface area (TPSA) is 88.0 Å². The first-order valence-corrected chi connectivity index (χ1v) is 11.7. The summed E-state index contributed by atoms with van der Waals surface area (Å²) in [4.78, 5) is 22.9. The summed E-state index contributed by atoms with van der Waals surface area (Å²) in [6.45, 7) is 5.69. The molecule has 10 heteroatoms. The molecule has 9 nitrogen and oxygen atoms in total. The van der Waals surface area contributed by atoms with Crippen LogP contribution >= 0.6 is 11.6 Å². The van der Waals surface area contributed by atoms with Crippen molar-refractivity contribution >= 4 is 47.0 Å². The SMILES string of the molecule is Clc1ccc(C=Nc2ccc(Nc3nc(N4CCOCC4)nc(N4CCOCC4)n3)cc2)cc1. The molecule has 0 unspecified atom stereocenters. The Morgan fingerprint density at radius 1 is 0.765 bits per heavy atom. The molecule has 3 aromatic rings. The quantitative estimate of drug-likeness (QED) is 0.535. The molecule has 2 aromatic carbocycles. The maximum atomic E-state index is 5.94. The summed E-state index contributed by atoms with van der Waals surface area (Å²) in [7, 11) is 0. The number of hydrogen-bond acceptors (Lipinski definition) is 9. The lowest BCUT2D eigenvalue weighted by Crippen LogP contribution is -2.40. The fourth-order valence-corrected chi connectivity index (χ4v) is 3.80. The summed E-state index contributed by atoms with van der Waals surface area (Å²) in [6, 6.07) is 15.4. The lowest BCUT2D eigenvalue weighted by atomic mass is 10.2. The highest BCUT2D eigenvalue weighted by molar-refractivity contribution is 6.30. The Morgan fingerprint density at radius 3 is 1.88 bits per heavy atom. The van der Waals surface area contributed by atoms with E-state index in [4.69, 9.17) is 36.0 Å². The zero-order chi connectivity index (χ0) is 23.2. The van der Waals surface area contributed by atoms with E-state index in [1.165, 1.54) is 0 Å².